The average molecular weight is 487 g/mol. The maximum Gasteiger partial charge on any atom is 0.219 e. The van der Waals surface area contributed by atoms with Gasteiger partial charge in [-0.2, -0.15) is 5.06 Å². The number of hydrogen-bond donors (Lipinski definition) is 1. The standard InChI is InChI=1S/C25H27FN2O5S/c1-28-25(24(17-33-28)34(29,30)27-15-20-10-6-7-11-21(20)26)19-12-13-22(31-2)23(14-19)32-16-18-8-4-3-5-9-18/h3-14,24-25,27H,15-17H2,1-2H3. The summed E-state index contributed by atoms with van der Waals surface area (Å²) in [5.41, 5.74) is 1.97. The number of nitrogens with zero attached hydrogens (tertiary/aromatic N) is 1. The summed E-state index contributed by atoms with van der Waals surface area (Å²) in [6.07, 6.45) is 0. The van der Waals surface area contributed by atoms with Crippen LogP contribution in [0.1, 0.15) is 22.7 Å². The van der Waals surface area contributed by atoms with Crippen molar-refractivity contribution in [3.05, 3.63) is 95.3 Å². The van der Waals surface area contributed by atoms with Crippen molar-refractivity contribution in [3.63, 3.8) is 0 Å². The molecule has 1 N–H and O–H groups in total. The van der Waals surface area contributed by atoms with Gasteiger partial charge in [-0.1, -0.05) is 54.6 Å². The lowest BCUT2D eigenvalue weighted by molar-refractivity contribution is -0.110. The minimum atomic E-state index is -3.84. The average Bonchev–Trinajstić information content (AvgIpc) is 3.25. The fourth-order valence-electron chi connectivity index (χ4n) is 3.93. The molecule has 1 aliphatic rings. The van der Waals surface area contributed by atoms with Crippen LogP contribution < -0.4 is 14.2 Å². The molecule has 34 heavy (non-hydrogen) atoms. The summed E-state index contributed by atoms with van der Waals surface area (Å²) in [4.78, 5) is 5.59. The van der Waals surface area contributed by atoms with E-state index in [1.54, 1.807) is 50.6 Å². The molecule has 0 aliphatic carbocycles. The lowest BCUT2D eigenvalue weighted by Gasteiger charge is -2.24. The maximum atomic E-state index is 14.0. The van der Waals surface area contributed by atoms with Crippen LogP contribution in [0.25, 0.3) is 0 Å². The van der Waals surface area contributed by atoms with E-state index < -0.39 is 27.1 Å². The Balaban J connectivity index is 1.55. The highest BCUT2D eigenvalue weighted by Crippen LogP contribution is 2.38. The van der Waals surface area contributed by atoms with E-state index in [0.29, 0.717) is 23.7 Å². The molecule has 0 amide bonds. The largest absolute Gasteiger partial charge is 0.493 e. The first kappa shape index (κ1) is 24.2. The van der Waals surface area contributed by atoms with Gasteiger partial charge in [-0.05, 0) is 29.3 Å². The Morgan fingerprint density at radius 3 is 2.53 bits per heavy atom. The van der Waals surface area contributed by atoms with Crippen molar-refractivity contribution in [2.45, 2.75) is 24.4 Å². The Morgan fingerprint density at radius 1 is 1.06 bits per heavy atom. The number of rotatable bonds is 9. The lowest BCUT2D eigenvalue weighted by Crippen LogP contribution is -2.39. The third kappa shape index (κ3) is 5.39. The smallest absolute Gasteiger partial charge is 0.219 e. The second-order valence-corrected chi connectivity index (χ2v) is 9.95. The molecule has 2 unspecified atom stereocenters. The molecule has 1 aliphatic heterocycles. The van der Waals surface area contributed by atoms with E-state index >= 15 is 0 Å². The Morgan fingerprint density at radius 2 is 1.79 bits per heavy atom. The van der Waals surface area contributed by atoms with Crippen LogP contribution in [0.3, 0.4) is 0 Å². The van der Waals surface area contributed by atoms with Gasteiger partial charge in [-0.25, -0.2) is 17.5 Å². The monoisotopic (exact) mass is 486 g/mol. The Hall–Kier alpha value is -2.98. The zero-order chi connectivity index (χ0) is 24.1. The van der Waals surface area contributed by atoms with Crippen molar-refractivity contribution in [2.24, 2.45) is 0 Å². The highest BCUT2D eigenvalue weighted by Gasteiger charge is 2.43. The maximum absolute atomic E-state index is 14.0. The molecule has 0 spiro atoms. The highest BCUT2D eigenvalue weighted by molar-refractivity contribution is 7.90. The van der Waals surface area contributed by atoms with Crippen molar-refractivity contribution in [1.29, 1.82) is 0 Å². The molecule has 0 saturated carbocycles. The van der Waals surface area contributed by atoms with E-state index in [2.05, 4.69) is 4.72 Å². The first-order valence-corrected chi connectivity index (χ1v) is 12.4. The van der Waals surface area contributed by atoms with Crippen LogP contribution in [0.2, 0.25) is 0 Å². The fourth-order valence-corrected chi connectivity index (χ4v) is 5.41. The predicted octanol–water partition coefficient (Wildman–Crippen LogP) is 3.82. The zero-order valence-corrected chi connectivity index (χ0v) is 19.8. The summed E-state index contributed by atoms with van der Waals surface area (Å²) in [5.74, 6) is 0.579. The molecule has 3 aromatic carbocycles. The first-order valence-electron chi connectivity index (χ1n) is 10.8. The molecule has 4 rings (SSSR count). The third-order valence-corrected chi connectivity index (χ3v) is 7.51. The lowest BCUT2D eigenvalue weighted by atomic mass is 10.0. The van der Waals surface area contributed by atoms with Crippen LogP contribution in [0.5, 0.6) is 11.5 Å². The molecule has 7 nitrogen and oxygen atoms in total. The van der Waals surface area contributed by atoms with E-state index in [9.17, 15) is 12.8 Å². The Bertz CT molecular complexity index is 1220. The van der Waals surface area contributed by atoms with E-state index in [1.165, 1.54) is 11.1 Å². The van der Waals surface area contributed by atoms with Gasteiger partial charge in [0.15, 0.2) is 11.5 Å². The molecule has 2 atom stereocenters. The quantitative estimate of drug-likeness (QED) is 0.496. The van der Waals surface area contributed by atoms with Gasteiger partial charge < -0.3 is 9.47 Å². The molecule has 1 heterocycles. The molecule has 1 saturated heterocycles. The van der Waals surface area contributed by atoms with Crippen molar-refractivity contribution in [3.8, 4) is 11.5 Å². The van der Waals surface area contributed by atoms with Gasteiger partial charge in [0.05, 0.1) is 19.8 Å². The summed E-state index contributed by atoms with van der Waals surface area (Å²) in [6, 6.07) is 20.5. The van der Waals surface area contributed by atoms with E-state index in [-0.39, 0.29) is 18.7 Å². The fraction of sp³-hybridized carbons (Fsp3) is 0.280. The third-order valence-electron chi connectivity index (χ3n) is 5.77. The number of ether oxygens (including phenoxy) is 2. The van der Waals surface area contributed by atoms with Gasteiger partial charge >= 0.3 is 0 Å². The molecule has 3 aromatic rings. The van der Waals surface area contributed by atoms with Crippen LogP contribution in [0.15, 0.2) is 72.8 Å². The normalized spacial score (nSPS) is 18.7. The number of sulfonamides is 1. The van der Waals surface area contributed by atoms with E-state index in [0.717, 1.165) is 5.56 Å². The van der Waals surface area contributed by atoms with Gasteiger partial charge in [0.2, 0.25) is 10.0 Å². The van der Waals surface area contributed by atoms with Crippen LogP contribution >= 0.6 is 0 Å². The molecule has 0 bridgehead atoms. The second-order valence-electron chi connectivity index (χ2n) is 7.97. The topological polar surface area (TPSA) is 77.1 Å². The summed E-state index contributed by atoms with van der Waals surface area (Å²) < 4.78 is 54.3. The zero-order valence-electron chi connectivity index (χ0n) is 19.0. The number of benzene rings is 3. The minimum Gasteiger partial charge on any atom is -0.493 e. The summed E-state index contributed by atoms with van der Waals surface area (Å²) >= 11 is 0. The number of hydrogen-bond acceptors (Lipinski definition) is 6. The van der Waals surface area contributed by atoms with E-state index in [1.807, 2.05) is 30.3 Å². The van der Waals surface area contributed by atoms with Gasteiger partial charge in [-0.3, -0.25) is 4.84 Å². The number of hydroxylamine groups is 2. The molecular formula is C25H27FN2O5S. The van der Waals surface area contributed by atoms with Gasteiger partial charge in [0, 0.05) is 19.2 Å². The summed E-state index contributed by atoms with van der Waals surface area (Å²) in [6.45, 7) is 0.166. The van der Waals surface area contributed by atoms with Crippen molar-refractivity contribution < 1.29 is 27.1 Å². The summed E-state index contributed by atoms with van der Waals surface area (Å²) in [5, 5.41) is 0.620. The predicted molar refractivity (Wildman–Crippen MR) is 126 cm³/mol. The van der Waals surface area contributed by atoms with Crippen LogP contribution in [0.4, 0.5) is 4.39 Å². The Kier molecular flexibility index (Phi) is 7.47. The summed E-state index contributed by atoms with van der Waals surface area (Å²) in [7, 11) is -0.607. The molecular weight excluding hydrogens is 459 g/mol. The number of methoxy groups -OCH3 is 1. The van der Waals surface area contributed by atoms with Crippen molar-refractivity contribution in [1.82, 2.24) is 9.79 Å². The molecule has 9 heteroatoms. The van der Waals surface area contributed by atoms with Crippen LogP contribution in [-0.2, 0) is 28.0 Å². The minimum absolute atomic E-state index is 0.0278. The SMILES string of the molecule is COc1ccc(C2C(S(=O)(=O)NCc3ccccc3F)CON2C)cc1OCc1ccccc1. The highest BCUT2D eigenvalue weighted by atomic mass is 32.2. The van der Waals surface area contributed by atoms with Crippen LogP contribution in [-0.4, -0.2) is 39.5 Å². The van der Waals surface area contributed by atoms with Gasteiger partial charge in [0.25, 0.3) is 0 Å². The van der Waals surface area contributed by atoms with Crippen molar-refractivity contribution in [2.75, 3.05) is 20.8 Å². The van der Waals surface area contributed by atoms with E-state index in [4.69, 9.17) is 14.3 Å². The first-order chi connectivity index (χ1) is 16.4. The van der Waals surface area contributed by atoms with Gasteiger partial charge in [-0.15, -0.1) is 0 Å². The molecule has 0 aromatic heterocycles. The molecule has 1 fully saturated rings. The van der Waals surface area contributed by atoms with Gasteiger partial charge in [0.1, 0.15) is 17.7 Å². The van der Waals surface area contributed by atoms with Crippen molar-refractivity contribution >= 4 is 10.0 Å². The van der Waals surface area contributed by atoms with Crippen LogP contribution in [0, 0.1) is 5.82 Å². The number of nitrogens with one attached hydrogen (secondary N) is 1. The molecule has 180 valence electrons. The second kappa shape index (κ2) is 10.5. The molecule has 0 radical (unpaired) electrons. The number of halogens is 1. The Labute approximate surface area is 199 Å².